The van der Waals surface area contributed by atoms with Crippen LogP contribution in [0.15, 0.2) is 12.2 Å². The van der Waals surface area contributed by atoms with Crippen LogP contribution >= 0.6 is 0 Å². The molecule has 0 aromatic rings. The average Bonchev–Trinajstić information content (AvgIpc) is 3.17. The number of hydrogen-bond donors (Lipinski definition) is 1. The Morgan fingerprint density at radius 3 is 2.37 bits per heavy atom. The second-order valence-electron chi connectivity index (χ2n) is 7.76. The fourth-order valence-corrected chi connectivity index (χ4v) is 3.47. The van der Waals surface area contributed by atoms with Gasteiger partial charge in [0, 0.05) is 25.7 Å². The molecule has 11 heteroatoms. The molecule has 3 rings (SSSR count). The molecule has 2 saturated heterocycles. The van der Waals surface area contributed by atoms with Crippen LogP contribution in [-0.2, 0) is 33.6 Å². The summed E-state index contributed by atoms with van der Waals surface area (Å²) in [5.74, 6) is -2.33. The van der Waals surface area contributed by atoms with Gasteiger partial charge in [-0.2, -0.15) is 0 Å². The third kappa shape index (κ3) is 4.78. The highest BCUT2D eigenvalue weighted by atomic mass is 16.8. The molecular weight excluding hydrogens is 400 g/mol. The molecule has 30 heavy (non-hydrogen) atoms. The van der Waals surface area contributed by atoms with E-state index in [1.165, 1.54) is 0 Å². The zero-order valence-corrected chi connectivity index (χ0v) is 16.6. The fraction of sp³-hybridized carbons (Fsp3) is 0.632. The highest BCUT2D eigenvalue weighted by Gasteiger charge is 2.41. The van der Waals surface area contributed by atoms with Crippen LogP contribution in [0.3, 0.4) is 0 Å². The number of ether oxygens (including phenoxy) is 1. The normalized spacial score (nSPS) is 30.7. The van der Waals surface area contributed by atoms with Gasteiger partial charge in [-0.3, -0.25) is 19.2 Å². The van der Waals surface area contributed by atoms with Gasteiger partial charge in [-0.05, 0) is 38.7 Å². The van der Waals surface area contributed by atoms with Crippen LogP contribution in [0.2, 0.25) is 0 Å². The second kappa shape index (κ2) is 8.82. The van der Waals surface area contributed by atoms with Crippen molar-refractivity contribution in [2.75, 3.05) is 0 Å². The Hall–Kier alpha value is -2.95. The van der Waals surface area contributed by atoms with Crippen LogP contribution in [-0.4, -0.2) is 57.4 Å². The van der Waals surface area contributed by atoms with Crippen LogP contribution in [0, 0.1) is 5.41 Å². The first-order valence-electron chi connectivity index (χ1n) is 9.83. The minimum Gasteiger partial charge on any atom is -0.425 e. The predicted molar refractivity (Wildman–Crippen MR) is 96.3 cm³/mol. The summed E-state index contributed by atoms with van der Waals surface area (Å²) in [5.41, 5.74) is -0.972. The number of rotatable bonds is 4. The smallest absolute Gasteiger partial charge is 0.425 e. The maximum atomic E-state index is 12.7. The number of hydroxylamine groups is 4. The van der Waals surface area contributed by atoms with Crippen molar-refractivity contribution in [3.05, 3.63) is 12.2 Å². The molecule has 1 unspecified atom stereocenters. The number of aliphatic hydroxyl groups excluding tert-OH is 1. The van der Waals surface area contributed by atoms with Gasteiger partial charge < -0.3 is 14.7 Å². The fourth-order valence-electron chi connectivity index (χ4n) is 3.47. The van der Waals surface area contributed by atoms with Crippen molar-refractivity contribution in [1.82, 2.24) is 10.1 Å². The largest absolute Gasteiger partial charge is 0.534 e. The Morgan fingerprint density at radius 2 is 1.73 bits per heavy atom. The molecule has 164 valence electrons. The van der Waals surface area contributed by atoms with Crippen molar-refractivity contribution in [3.8, 4) is 0 Å². The van der Waals surface area contributed by atoms with E-state index in [1.807, 2.05) is 0 Å². The molecule has 3 aliphatic rings. The third-order valence-electron chi connectivity index (χ3n) is 5.42. The van der Waals surface area contributed by atoms with E-state index in [0.29, 0.717) is 23.0 Å². The van der Waals surface area contributed by atoms with Crippen LogP contribution in [0.25, 0.3) is 0 Å². The van der Waals surface area contributed by atoms with Gasteiger partial charge in [-0.25, -0.2) is 9.59 Å². The lowest BCUT2D eigenvalue weighted by Crippen LogP contribution is -2.41. The zero-order chi connectivity index (χ0) is 21.9. The first-order valence-corrected chi connectivity index (χ1v) is 9.83. The highest BCUT2D eigenvalue weighted by molar-refractivity contribution is 6.01. The van der Waals surface area contributed by atoms with E-state index < -0.39 is 47.6 Å². The topological polar surface area (TPSA) is 140 Å². The molecule has 2 fully saturated rings. The van der Waals surface area contributed by atoms with Gasteiger partial charge in [-0.15, -0.1) is 5.06 Å². The summed E-state index contributed by atoms with van der Waals surface area (Å²) in [6, 6.07) is 0. The van der Waals surface area contributed by atoms with Crippen LogP contribution in [0.4, 0.5) is 4.79 Å². The Kier molecular flexibility index (Phi) is 6.40. The molecule has 3 atom stereocenters. The summed E-state index contributed by atoms with van der Waals surface area (Å²) in [6.07, 6.45) is 2.00. The molecule has 0 radical (unpaired) electrons. The molecule has 0 aromatic carbocycles. The quantitative estimate of drug-likeness (QED) is 0.399. The summed E-state index contributed by atoms with van der Waals surface area (Å²) in [5, 5.41) is 10.9. The lowest BCUT2D eigenvalue weighted by atomic mass is 9.79. The van der Waals surface area contributed by atoms with Crippen molar-refractivity contribution < 1.29 is 43.5 Å². The van der Waals surface area contributed by atoms with Crippen molar-refractivity contribution in [3.63, 3.8) is 0 Å². The van der Waals surface area contributed by atoms with Gasteiger partial charge in [-0.1, -0.05) is 11.1 Å². The predicted octanol–water partition coefficient (Wildman–Crippen LogP) is 1.11. The molecule has 1 aliphatic carbocycles. The zero-order valence-electron chi connectivity index (χ0n) is 16.6. The number of nitrogens with zero attached hydrogens (tertiary/aromatic N) is 2. The van der Waals surface area contributed by atoms with Gasteiger partial charge in [0.15, 0.2) is 6.23 Å². The summed E-state index contributed by atoms with van der Waals surface area (Å²) in [4.78, 5) is 69.3. The van der Waals surface area contributed by atoms with E-state index in [9.17, 15) is 29.1 Å². The standard InChI is InChI=1S/C19H24N2O9/c1-19(17(26)29-20-13(22)5-6-14(20)23)10-3-2-4-12(9-11-19)28-18(27)30-21-15(24)7-8-16(21)25/h2,4,12-13,22H,3,5-11H2,1H3/b4-2+/t12-,13?,19+/m1/s1. The van der Waals surface area contributed by atoms with E-state index in [4.69, 9.17) is 14.4 Å². The van der Waals surface area contributed by atoms with Crippen molar-refractivity contribution in [2.45, 2.75) is 70.6 Å². The molecule has 2 heterocycles. The number of hydrogen-bond acceptors (Lipinski definition) is 9. The first kappa shape index (κ1) is 21.8. The van der Waals surface area contributed by atoms with Gasteiger partial charge in [0.05, 0.1) is 5.41 Å². The summed E-state index contributed by atoms with van der Waals surface area (Å²) in [6.45, 7) is 1.68. The van der Waals surface area contributed by atoms with Gasteiger partial charge >= 0.3 is 12.1 Å². The molecule has 0 saturated carbocycles. The van der Waals surface area contributed by atoms with Crippen molar-refractivity contribution in [2.24, 2.45) is 5.41 Å². The molecular formula is C19H24N2O9. The number of carbonyl (C=O) groups excluding carboxylic acids is 5. The molecule has 0 spiro atoms. The molecule has 11 nitrogen and oxygen atoms in total. The van der Waals surface area contributed by atoms with Gasteiger partial charge in [0.25, 0.3) is 17.7 Å². The number of carbonyl (C=O) groups is 5. The van der Waals surface area contributed by atoms with E-state index >= 15 is 0 Å². The number of imide groups is 1. The summed E-state index contributed by atoms with van der Waals surface area (Å²) >= 11 is 0. The van der Waals surface area contributed by atoms with E-state index in [-0.39, 0.29) is 38.5 Å². The third-order valence-corrected chi connectivity index (χ3v) is 5.42. The van der Waals surface area contributed by atoms with E-state index in [2.05, 4.69) is 0 Å². The molecule has 0 aromatic heterocycles. The average molecular weight is 424 g/mol. The van der Waals surface area contributed by atoms with Gasteiger partial charge in [0.2, 0.25) is 0 Å². The molecule has 2 aliphatic heterocycles. The van der Waals surface area contributed by atoms with Crippen LogP contribution in [0.1, 0.15) is 58.3 Å². The van der Waals surface area contributed by atoms with Gasteiger partial charge in [0.1, 0.15) is 6.10 Å². The monoisotopic (exact) mass is 424 g/mol. The minimum absolute atomic E-state index is 0.0237. The molecule has 0 bridgehead atoms. The Labute approximate surface area is 172 Å². The van der Waals surface area contributed by atoms with E-state index in [1.54, 1.807) is 19.1 Å². The summed E-state index contributed by atoms with van der Waals surface area (Å²) < 4.78 is 5.18. The highest BCUT2D eigenvalue weighted by Crippen LogP contribution is 2.35. The summed E-state index contributed by atoms with van der Waals surface area (Å²) in [7, 11) is 0. The van der Waals surface area contributed by atoms with Crippen molar-refractivity contribution in [1.29, 1.82) is 0 Å². The number of amides is 3. The SMILES string of the molecule is C[C@]1(C(=O)ON2C(=O)CCC2O)CC/C=C/[C@@H](OC(=O)ON2C(=O)CCC2=O)CC1. The lowest BCUT2D eigenvalue weighted by Gasteiger charge is -2.31. The Balaban J connectivity index is 1.56. The van der Waals surface area contributed by atoms with Crippen LogP contribution in [0.5, 0.6) is 0 Å². The molecule has 1 N–H and O–H groups in total. The maximum Gasteiger partial charge on any atom is 0.534 e. The number of allylic oxidation sites excluding steroid dienone is 1. The lowest BCUT2D eigenvalue weighted by molar-refractivity contribution is -0.229. The molecule has 3 amide bonds. The van der Waals surface area contributed by atoms with Crippen LogP contribution < -0.4 is 0 Å². The first-order chi connectivity index (χ1) is 14.2. The Morgan fingerprint density at radius 1 is 1.03 bits per heavy atom. The van der Waals surface area contributed by atoms with E-state index in [0.717, 1.165) is 0 Å². The maximum absolute atomic E-state index is 12.7. The van der Waals surface area contributed by atoms with Crippen molar-refractivity contribution >= 4 is 29.8 Å². The Bertz CT molecular complexity index is 764. The number of aliphatic hydroxyl groups is 1. The second-order valence-corrected chi connectivity index (χ2v) is 7.76. The minimum atomic E-state index is -1.19.